The standard InChI is InChI=1S/C16H16N6O3/c1-21-9-13(19-20-21)16(23)18-11-6-17-22(7-11)8-12-10-24-14-4-2-3-5-15(14)25-12/h2-7,9,12H,8,10H2,1H3,(H,18,23)/t12-/m1/s1. The van der Waals surface area contributed by atoms with Crippen molar-refractivity contribution in [3.63, 3.8) is 0 Å². The fraction of sp³-hybridized carbons (Fsp3) is 0.250. The summed E-state index contributed by atoms with van der Waals surface area (Å²) in [6.07, 6.45) is 4.70. The first-order chi connectivity index (χ1) is 12.2. The Morgan fingerprint density at radius 3 is 2.96 bits per heavy atom. The first-order valence-electron chi connectivity index (χ1n) is 7.76. The molecule has 1 aliphatic rings. The third-order valence-electron chi connectivity index (χ3n) is 3.68. The van der Waals surface area contributed by atoms with Crippen molar-refractivity contribution in [2.24, 2.45) is 7.05 Å². The lowest BCUT2D eigenvalue weighted by atomic mass is 10.2. The molecule has 3 heterocycles. The highest BCUT2D eigenvalue weighted by Crippen LogP contribution is 2.31. The number of nitrogens with zero attached hydrogens (tertiary/aromatic N) is 5. The molecule has 9 heteroatoms. The molecule has 1 amide bonds. The van der Waals surface area contributed by atoms with Crippen LogP contribution in [0.4, 0.5) is 5.69 Å². The van der Waals surface area contributed by atoms with Crippen molar-refractivity contribution in [3.8, 4) is 11.5 Å². The van der Waals surface area contributed by atoms with E-state index in [1.54, 1.807) is 30.3 Å². The van der Waals surface area contributed by atoms with Crippen LogP contribution in [0.15, 0.2) is 42.9 Å². The van der Waals surface area contributed by atoms with Crippen molar-refractivity contribution in [2.75, 3.05) is 11.9 Å². The number of rotatable bonds is 4. The van der Waals surface area contributed by atoms with Crippen molar-refractivity contribution in [1.29, 1.82) is 0 Å². The molecule has 0 unspecified atom stereocenters. The van der Waals surface area contributed by atoms with Gasteiger partial charge in [-0.15, -0.1) is 5.10 Å². The van der Waals surface area contributed by atoms with Crippen LogP contribution in [0.25, 0.3) is 0 Å². The Kier molecular flexibility index (Phi) is 3.81. The van der Waals surface area contributed by atoms with Gasteiger partial charge in [0.05, 0.1) is 24.6 Å². The quantitative estimate of drug-likeness (QED) is 0.764. The van der Waals surface area contributed by atoms with Gasteiger partial charge in [0.25, 0.3) is 5.91 Å². The van der Waals surface area contributed by atoms with Gasteiger partial charge in [0.2, 0.25) is 0 Å². The lowest BCUT2D eigenvalue weighted by Crippen LogP contribution is -2.33. The molecule has 128 valence electrons. The first-order valence-corrected chi connectivity index (χ1v) is 7.76. The van der Waals surface area contributed by atoms with E-state index in [4.69, 9.17) is 9.47 Å². The molecule has 1 N–H and O–H groups in total. The Balaban J connectivity index is 1.38. The first kappa shape index (κ1) is 15.2. The Morgan fingerprint density at radius 1 is 1.32 bits per heavy atom. The van der Waals surface area contributed by atoms with Gasteiger partial charge >= 0.3 is 0 Å². The van der Waals surface area contributed by atoms with Crippen LogP contribution in [-0.4, -0.2) is 43.4 Å². The zero-order chi connectivity index (χ0) is 17.2. The number of benzene rings is 1. The van der Waals surface area contributed by atoms with Crippen LogP contribution in [-0.2, 0) is 13.6 Å². The minimum absolute atomic E-state index is 0.154. The van der Waals surface area contributed by atoms with Crippen LogP contribution < -0.4 is 14.8 Å². The van der Waals surface area contributed by atoms with Crippen molar-refractivity contribution >= 4 is 11.6 Å². The normalized spacial score (nSPS) is 15.8. The Labute approximate surface area is 143 Å². The average Bonchev–Trinajstić information content (AvgIpc) is 3.24. The van der Waals surface area contributed by atoms with E-state index in [0.717, 1.165) is 11.5 Å². The highest BCUT2D eigenvalue weighted by Gasteiger charge is 2.21. The fourth-order valence-corrected chi connectivity index (χ4v) is 2.54. The fourth-order valence-electron chi connectivity index (χ4n) is 2.54. The molecule has 2 aromatic heterocycles. The van der Waals surface area contributed by atoms with E-state index in [1.165, 1.54) is 4.68 Å². The summed E-state index contributed by atoms with van der Waals surface area (Å²) in [5.74, 6) is 1.14. The minimum Gasteiger partial charge on any atom is -0.486 e. The van der Waals surface area contributed by atoms with Crippen LogP contribution in [0.2, 0.25) is 0 Å². The maximum atomic E-state index is 12.1. The number of aryl methyl sites for hydroxylation is 1. The van der Waals surface area contributed by atoms with Gasteiger partial charge < -0.3 is 14.8 Å². The third kappa shape index (κ3) is 3.30. The topological polar surface area (TPSA) is 96.1 Å². The van der Waals surface area contributed by atoms with Crippen LogP contribution in [0.1, 0.15) is 10.5 Å². The maximum Gasteiger partial charge on any atom is 0.277 e. The number of carbonyl (C=O) groups is 1. The number of anilines is 1. The van der Waals surface area contributed by atoms with E-state index in [0.29, 0.717) is 18.8 Å². The Morgan fingerprint density at radius 2 is 2.16 bits per heavy atom. The summed E-state index contributed by atoms with van der Waals surface area (Å²) < 4.78 is 14.8. The van der Waals surface area contributed by atoms with Gasteiger partial charge in [0.1, 0.15) is 6.61 Å². The highest BCUT2D eigenvalue weighted by atomic mass is 16.6. The zero-order valence-electron chi connectivity index (χ0n) is 13.5. The van der Waals surface area contributed by atoms with Crippen LogP contribution >= 0.6 is 0 Å². The second-order valence-corrected chi connectivity index (χ2v) is 5.68. The van der Waals surface area contributed by atoms with E-state index >= 15 is 0 Å². The van der Waals surface area contributed by atoms with Gasteiger partial charge in [-0.05, 0) is 12.1 Å². The summed E-state index contributed by atoms with van der Waals surface area (Å²) in [6.45, 7) is 0.952. The lowest BCUT2D eigenvalue weighted by molar-refractivity contribution is 0.0759. The molecule has 4 rings (SSSR count). The van der Waals surface area contributed by atoms with Gasteiger partial charge in [-0.3, -0.25) is 14.2 Å². The molecule has 1 aromatic carbocycles. The second kappa shape index (κ2) is 6.27. The van der Waals surface area contributed by atoms with Gasteiger partial charge in [-0.2, -0.15) is 5.10 Å². The molecule has 0 fully saturated rings. The number of nitrogens with one attached hydrogen (secondary N) is 1. The summed E-state index contributed by atoms with van der Waals surface area (Å²) in [6, 6.07) is 7.55. The SMILES string of the molecule is Cn1cc(C(=O)Nc2cnn(C[C@@H]3COc4ccccc4O3)c2)nn1. The van der Waals surface area contributed by atoms with Crippen molar-refractivity contribution in [1.82, 2.24) is 24.8 Å². The van der Waals surface area contributed by atoms with E-state index < -0.39 is 0 Å². The number of ether oxygens (including phenoxy) is 2. The van der Waals surface area contributed by atoms with Crippen molar-refractivity contribution < 1.29 is 14.3 Å². The van der Waals surface area contributed by atoms with E-state index in [1.807, 2.05) is 24.3 Å². The number of fused-ring (bicyclic) bond motifs is 1. The largest absolute Gasteiger partial charge is 0.486 e. The van der Waals surface area contributed by atoms with Gasteiger partial charge in [0.15, 0.2) is 23.3 Å². The monoisotopic (exact) mass is 340 g/mol. The number of hydrogen-bond donors (Lipinski definition) is 1. The summed E-state index contributed by atoms with van der Waals surface area (Å²) >= 11 is 0. The summed E-state index contributed by atoms with van der Waals surface area (Å²) in [7, 11) is 1.70. The summed E-state index contributed by atoms with van der Waals surface area (Å²) in [4.78, 5) is 12.1. The Bertz CT molecular complexity index is 903. The molecule has 0 saturated carbocycles. The number of para-hydroxylation sites is 2. The zero-order valence-corrected chi connectivity index (χ0v) is 13.5. The molecule has 25 heavy (non-hydrogen) atoms. The van der Waals surface area contributed by atoms with Crippen molar-refractivity contribution in [2.45, 2.75) is 12.6 Å². The van der Waals surface area contributed by atoms with Gasteiger partial charge in [-0.25, -0.2) is 0 Å². The smallest absolute Gasteiger partial charge is 0.277 e. The summed E-state index contributed by atoms with van der Waals surface area (Å²) in [5.41, 5.74) is 0.823. The predicted molar refractivity (Wildman–Crippen MR) is 87.5 cm³/mol. The van der Waals surface area contributed by atoms with E-state index in [2.05, 4.69) is 20.7 Å². The van der Waals surface area contributed by atoms with Gasteiger partial charge in [-0.1, -0.05) is 17.3 Å². The molecular weight excluding hydrogens is 324 g/mol. The predicted octanol–water partition coefficient (Wildman–Crippen LogP) is 1.10. The molecule has 1 aliphatic heterocycles. The number of aromatic nitrogens is 5. The second-order valence-electron chi connectivity index (χ2n) is 5.68. The van der Waals surface area contributed by atoms with E-state index in [-0.39, 0.29) is 17.7 Å². The molecule has 0 bridgehead atoms. The lowest BCUT2D eigenvalue weighted by Gasteiger charge is -2.26. The minimum atomic E-state index is -0.334. The number of hydrogen-bond acceptors (Lipinski definition) is 6. The number of amides is 1. The highest BCUT2D eigenvalue weighted by molar-refractivity contribution is 6.02. The van der Waals surface area contributed by atoms with E-state index in [9.17, 15) is 4.79 Å². The third-order valence-corrected chi connectivity index (χ3v) is 3.68. The summed E-state index contributed by atoms with van der Waals surface area (Å²) in [5, 5.41) is 14.5. The molecule has 0 radical (unpaired) electrons. The van der Waals surface area contributed by atoms with Crippen LogP contribution in [0.5, 0.6) is 11.5 Å². The van der Waals surface area contributed by atoms with Crippen LogP contribution in [0, 0.1) is 0 Å². The average molecular weight is 340 g/mol. The molecule has 0 saturated heterocycles. The Hall–Kier alpha value is -3.36. The molecule has 3 aromatic rings. The molecule has 1 atom stereocenters. The number of carbonyl (C=O) groups excluding carboxylic acids is 1. The molecule has 9 nitrogen and oxygen atoms in total. The van der Waals surface area contributed by atoms with Crippen LogP contribution in [0.3, 0.4) is 0 Å². The molecular formula is C16H16N6O3. The molecule has 0 spiro atoms. The van der Waals surface area contributed by atoms with Gasteiger partial charge in [0, 0.05) is 13.2 Å². The van der Waals surface area contributed by atoms with Crippen molar-refractivity contribution in [3.05, 3.63) is 48.5 Å². The maximum absolute atomic E-state index is 12.1. The molecule has 0 aliphatic carbocycles.